The smallest absolute Gasteiger partial charge is 0.0872 e. The van der Waals surface area contributed by atoms with Crippen LogP contribution in [0.3, 0.4) is 0 Å². The van der Waals surface area contributed by atoms with Crippen molar-refractivity contribution < 1.29 is 4.74 Å². The number of benzene rings is 1. The second-order valence-electron chi connectivity index (χ2n) is 6.37. The van der Waals surface area contributed by atoms with Crippen molar-refractivity contribution in [2.24, 2.45) is 0 Å². The largest absolute Gasteiger partial charge is 0.376 e. The lowest BCUT2D eigenvalue weighted by Crippen LogP contribution is -2.51. The lowest BCUT2D eigenvalue weighted by atomic mass is 9.69. The van der Waals surface area contributed by atoms with Crippen LogP contribution in [0.4, 0.5) is 0 Å². The molecule has 1 atom stereocenters. The van der Waals surface area contributed by atoms with Gasteiger partial charge in [0.1, 0.15) is 0 Å². The highest BCUT2D eigenvalue weighted by Gasteiger charge is 2.45. The van der Waals surface area contributed by atoms with Gasteiger partial charge in [-0.05, 0) is 55.7 Å². The van der Waals surface area contributed by atoms with Gasteiger partial charge >= 0.3 is 0 Å². The number of hydrogen-bond acceptors (Lipinski definition) is 2. The van der Waals surface area contributed by atoms with Crippen LogP contribution in [-0.4, -0.2) is 19.3 Å². The summed E-state index contributed by atoms with van der Waals surface area (Å²) in [6.45, 7) is 3.19. The Kier molecular flexibility index (Phi) is 4.13. The van der Waals surface area contributed by atoms with Crippen molar-refractivity contribution in [3.63, 3.8) is 0 Å². The Morgan fingerprint density at radius 2 is 2.00 bits per heavy atom. The number of ether oxygens (including phenoxy) is 1. The van der Waals surface area contributed by atoms with E-state index < -0.39 is 0 Å². The summed E-state index contributed by atoms with van der Waals surface area (Å²) in [5.74, 6) is 0.779. The van der Waals surface area contributed by atoms with Crippen LogP contribution in [0.25, 0.3) is 0 Å². The maximum Gasteiger partial charge on any atom is 0.0872 e. The summed E-state index contributed by atoms with van der Waals surface area (Å²) in [7, 11) is 1.88. The summed E-state index contributed by atoms with van der Waals surface area (Å²) in [6.07, 6.45) is 7.76. The van der Waals surface area contributed by atoms with E-state index in [1.807, 2.05) is 7.11 Å². The Bertz CT molecular complexity index is 443. The Morgan fingerprint density at radius 3 is 2.50 bits per heavy atom. The minimum atomic E-state index is 0.0237. The molecule has 20 heavy (non-hydrogen) atoms. The van der Waals surface area contributed by atoms with Gasteiger partial charge in [-0.25, -0.2) is 0 Å². The number of rotatable bonds is 6. The van der Waals surface area contributed by atoms with Crippen molar-refractivity contribution in [2.75, 3.05) is 13.7 Å². The fourth-order valence-corrected chi connectivity index (χ4v) is 3.78. The first-order valence-electron chi connectivity index (χ1n) is 8.18. The van der Waals surface area contributed by atoms with Crippen LogP contribution in [0.1, 0.15) is 68.5 Å². The molecule has 0 aromatic heterocycles. The van der Waals surface area contributed by atoms with Crippen molar-refractivity contribution >= 4 is 0 Å². The predicted octanol–water partition coefficient (Wildman–Crippen LogP) is 4.17. The van der Waals surface area contributed by atoms with Crippen LogP contribution in [0.5, 0.6) is 0 Å². The quantitative estimate of drug-likeness (QED) is 0.839. The van der Waals surface area contributed by atoms with E-state index >= 15 is 0 Å². The third-order valence-electron chi connectivity index (χ3n) is 5.39. The molecular formula is C18H27NO. The van der Waals surface area contributed by atoms with E-state index in [0.717, 1.165) is 12.5 Å². The van der Waals surface area contributed by atoms with Crippen LogP contribution in [0.15, 0.2) is 24.3 Å². The summed E-state index contributed by atoms with van der Waals surface area (Å²) in [5.41, 5.74) is 3.07. The molecule has 1 aromatic carbocycles. The molecule has 1 aromatic rings. The minimum Gasteiger partial charge on any atom is -0.376 e. The topological polar surface area (TPSA) is 21.3 Å². The van der Waals surface area contributed by atoms with Crippen LogP contribution >= 0.6 is 0 Å². The van der Waals surface area contributed by atoms with Gasteiger partial charge in [-0.1, -0.05) is 37.6 Å². The predicted molar refractivity (Wildman–Crippen MR) is 83.0 cm³/mol. The maximum absolute atomic E-state index is 5.97. The van der Waals surface area contributed by atoms with Gasteiger partial charge in [0.2, 0.25) is 0 Å². The van der Waals surface area contributed by atoms with E-state index in [9.17, 15) is 0 Å². The standard InChI is InChI=1S/C18H27NO/c1-3-19-17(18(20-2)12-7-13-18)16-11-5-4-10-15(16)14-8-6-9-14/h4-5,10-11,14,17,19H,3,6-9,12-13H2,1-2H3. The van der Waals surface area contributed by atoms with Gasteiger partial charge in [-0.2, -0.15) is 0 Å². The van der Waals surface area contributed by atoms with Gasteiger partial charge in [0, 0.05) is 7.11 Å². The molecule has 2 fully saturated rings. The molecule has 0 bridgehead atoms. The van der Waals surface area contributed by atoms with Gasteiger partial charge in [-0.15, -0.1) is 0 Å². The lowest BCUT2D eigenvalue weighted by molar-refractivity contribution is -0.0997. The molecule has 0 spiro atoms. The van der Waals surface area contributed by atoms with Crippen molar-refractivity contribution in [3.05, 3.63) is 35.4 Å². The minimum absolute atomic E-state index is 0.0237. The van der Waals surface area contributed by atoms with Crippen LogP contribution in [0.2, 0.25) is 0 Å². The first kappa shape index (κ1) is 14.1. The second kappa shape index (κ2) is 5.87. The van der Waals surface area contributed by atoms with E-state index in [4.69, 9.17) is 4.74 Å². The van der Waals surface area contributed by atoms with Gasteiger partial charge in [-0.3, -0.25) is 0 Å². The summed E-state index contributed by atoms with van der Waals surface area (Å²) in [5, 5.41) is 3.71. The molecular weight excluding hydrogens is 246 g/mol. The second-order valence-corrected chi connectivity index (χ2v) is 6.37. The summed E-state index contributed by atoms with van der Waals surface area (Å²) < 4.78 is 5.97. The zero-order valence-electron chi connectivity index (χ0n) is 12.8. The molecule has 0 saturated heterocycles. The third-order valence-corrected chi connectivity index (χ3v) is 5.39. The molecule has 110 valence electrons. The molecule has 0 heterocycles. The number of nitrogens with one attached hydrogen (secondary N) is 1. The Morgan fingerprint density at radius 1 is 1.25 bits per heavy atom. The van der Waals surface area contributed by atoms with E-state index in [1.54, 1.807) is 5.56 Å². The van der Waals surface area contributed by atoms with Crippen LogP contribution in [-0.2, 0) is 4.74 Å². The van der Waals surface area contributed by atoms with Crippen LogP contribution < -0.4 is 5.32 Å². The number of hydrogen-bond donors (Lipinski definition) is 1. The molecule has 0 aliphatic heterocycles. The third kappa shape index (κ3) is 2.29. The molecule has 3 rings (SSSR count). The summed E-state index contributed by atoms with van der Waals surface area (Å²) in [6, 6.07) is 9.39. The first-order valence-corrected chi connectivity index (χ1v) is 8.18. The molecule has 0 amide bonds. The van der Waals surface area contributed by atoms with Gasteiger partial charge in [0.25, 0.3) is 0 Å². The van der Waals surface area contributed by atoms with Gasteiger partial charge in [0.05, 0.1) is 11.6 Å². The highest BCUT2D eigenvalue weighted by atomic mass is 16.5. The fourth-order valence-electron chi connectivity index (χ4n) is 3.78. The monoisotopic (exact) mass is 273 g/mol. The molecule has 2 aliphatic carbocycles. The molecule has 1 unspecified atom stereocenters. The highest BCUT2D eigenvalue weighted by molar-refractivity contribution is 5.36. The van der Waals surface area contributed by atoms with Gasteiger partial charge in [0.15, 0.2) is 0 Å². The van der Waals surface area contributed by atoms with E-state index in [1.165, 1.54) is 44.1 Å². The molecule has 2 saturated carbocycles. The molecule has 2 aliphatic rings. The average molecular weight is 273 g/mol. The van der Waals surface area contributed by atoms with Crippen molar-refractivity contribution in [1.82, 2.24) is 5.32 Å². The molecule has 0 radical (unpaired) electrons. The first-order chi connectivity index (χ1) is 9.80. The zero-order valence-corrected chi connectivity index (χ0v) is 12.8. The number of likely N-dealkylation sites (N-methyl/N-ethyl adjacent to an activating group) is 1. The Hall–Kier alpha value is -0.860. The molecule has 2 heteroatoms. The lowest BCUT2D eigenvalue weighted by Gasteiger charge is -2.48. The van der Waals surface area contributed by atoms with E-state index in [-0.39, 0.29) is 5.60 Å². The van der Waals surface area contributed by atoms with Crippen molar-refractivity contribution in [3.8, 4) is 0 Å². The Balaban J connectivity index is 1.94. The normalized spacial score (nSPS) is 22.9. The average Bonchev–Trinajstić information content (AvgIpc) is 2.36. The Labute approximate surface area is 122 Å². The molecule has 2 nitrogen and oxygen atoms in total. The zero-order chi connectivity index (χ0) is 14.0. The SMILES string of the molecule is CCNC(c1ccccc1C1CCC1)C1(OC)CCC1. The maximum atomic E-state index is 5.97. The summed E-state index contributed by atoms with van der Waals surface area (Å²) in [4.78, 5) is 0. The van der Waals surface area contributed by atoms with Crippen molar-refractivity contribution in [2.45, 2.75) is 63.0 Å². The van der Waals surface area contributed by atoms with Gasteiger partial charge < -0.3 is 10.1 Å². The highest BCUT2D eigenvalue weighted by Crippen LogP contribution is 2.48. The molecule has 1 N–H and O–H groups in total. The van der Waals surface area contributed by atoms with E-state index in [0.29, 0.717) is 6.04 Å². The summed E-state index contributed by atoms with van der Waals surface area (Å²) >= 11 is 0. The van der Waals surface area contributed by atoms with Crippen LogP contribution in [0, 0.1) is 0 Å². The number of methoxy groups -OCH3 is 1. The van der Waals surface area contributed by atoms with E-state index in [2.05, 4.69) is 36.5 Å². The fraction of sp³-hybridized carbons (Fsp3) is 0.667. The van der Waals surface area contributed by atoms with Crippen molar-refractivity contribution in [1.29, 1.82) is 0 Å².